The van der Waals surface area contributed by atoms with Crippen molar-refractivity contribution in [2.45, 2.75) is 13.0 Å². The van der Waals surface area contributed by atoms with Crippen LogP contribution in [-0.4, -0.2) is 9.97 Å². The zero-order valence-corrected chi connectivity index (χ0v) is 11.5. The van der Waals surface area contributed by atoms with E-state index in [1.165, 1.54) is 5.56 Å². The number of hydrogen-bond donors (Lipinski definition) is 3. The fourth-order valence-electron chi connectivity index (χ4n) is 1.57. The van der Waals surface area contributed by atoms with Crippen molar-refractivity contribution in [3.8, 4) is 0 Å². The number of nitrogens with zero attached hydrogens (tertiary/aromatic N) is 2. The van der Waals surface area contributed by atoms with Gasteiger partial charge in [0.05, 0.1) is 4.47 Å². The van der Waals surface area contributed by atoms with E-state index in [2.05, 4.69) is 55.7 Å². The zero-order chi connectivity index (χ0) is 13.0. The highest BCUT2D eigenvalue weighted by Crippen LogP contribution is 2.24. The number of rotatable bonds is 4. The molecule has 0 bridgehead atoms. The number of nitrogen functional groups attached to an aromatic ring is 1. The van der Waals surface area contributed by atoms with Crippen LogP contribution in [0.4, 0.5) is 11.8 Å². The number of halogens is 1. The first-order valence-electron chi connectivity index (χ1n) is 5.51. The second-order valence-corrected chi connectivity index (χ2v) is 4.67. The predicted octanol–water partition coefficient (Wildman–Crippen LogP) is 2.70. The average Bonchev–Trinajstić information content (AvgIpc) is 2.42. The lowest BCUT2D eigenvalue weighted by Gasteiger charge is -2.16. The second-order valence-electron chi connectivity index (χ2n) is 3.81. The van der Waals surface area contributed by atoms with Crippen molar-refractivity contribution in [2.24, 2.45) is 5.84 Å². The summed E-state index contributed by atoms with van der Waals surface area (Å²) in [4.78, 5) is 8.25. The fraction of sp³-hybridized carbons (Fsp3) is 0.167. The van der Waals surface area contributed by atoms with Crippen molar-refractivity contribution in [1.82, 2.24) is 9.97 Å². The molecule has 2 aromatic rings. The zero-order valence-electron chi connectivity index (χ0n) is 9.89. The Kier molecular flexibility index (Phi) is 4.11. The van der Waals surface area contributed by atoms with Crippen LogP contribution in [0.5, 0.6) is 0 Å². The van der Waals surface area contributed by atoms with Crippen LogP contribution in [0, 0.1) is 0 Å². The van der Waals surface area contributed by atoms with Gasteiger partial charge in [0, 0.05) is 12.2 Å². The highest BCUT2D eigenvalue weighted by molar-refractivity contribution is 9.10. The molecule has 18 heavy (non-hydrogen) atoms. The lowest BCUT2D eigenvalue weighted by atomic mass is 10.1. The Morgan fingerprint density at radius 2 is 2.00 bits per heavy atom. The molecule has 0 amide bonds. The van der Waals surface area contributed by atoms with Gasteiger partial charge >= 0.3 is 0 Å². The van der Waals surface area contributed by atoms with Gasteiger partial charge in [-0.3, -0.25) is 5.43 Å². The van der Waals surface area contributed by atoms with Crippen LogP contribution in [-0.2, 0) is 0 Å². The number of hydrazine groups is 1. The van der Waals surface area contributed by atoms with Crippen molar-refractivity contribution in [1.29, 1.82) is 0 Å². The third-order valence-electron chi connectivity index (χ3n) is 2.53. The van der Waals surface area contributed by atoms with E-state index in [9.17, 15) is 0 Å². The molecule has 2 rings (SSSR count). The molecule has 0 spiro atoms. The number of nitrogens with two attached hydrogens (primary N) is 1. The number of nitrogens with one attached hydrogen (secondary N) is 2. The van der Waals surface area contributed by atoms with E-state index in [1.807, 2.05) is 18.2 Å². The Balaban J connectivity index is 2.18. The SMILES string of the molecule is CC(Nc1nc(NN)ncc1Br)c1ccccc1. The minimum atomic E-state index is 0.142. The van der Waals surface area contributed by atoms with Crippen LogP contribution < -0.4 is 16.6 Å². The van der Waals surface area contributed by atoms with Crippen molar-refractivity contribution < 1.29 is 0 Å². The second kappa shape index (κ2) is 5.79. The van der Waals surface area contributed by atoms with Crippen LogP contribution in [0.25, 0.3) is 0 Å². The molecule has 4 N–H and O–H groups in total. The maximum Gasteiger partial charge on any atom is 0.239 e. The van der Waals surface area contributed by atoms with E-state index < -0.39 is 0 Å². The normalized spacial score (nSPS) is 11.9. The van der Waals surface area contributed by atoms with E-state index in [1.54, 1.807) is 6.20 Å². The molecule has 1 aromatic heterocycles. The molecule has 94 valence electrons. The molecule has 0 aliphatic heterocycles. The van der Waals surface area contributed by atoms with Crippen LogP contribution in [0.1, 0.15) is 18.5 Å². The van der Waals surface area contributed by atoms with Gasteiger partial charge in [-0.25, -0.2) is 10.8 Å². The highest BCUT2D eigenvalue weighted by Gasteiger charge is 2.09. The summed E-state index contributed by atoms with van der Waals surface area (Å²) in [5, 5.41) is 3.31. The molecular weight excluding hydrogens is 294 g/mol. The predicted molar refractivity (Wildman–Crippen MR) is 76.0 cm³/mol. The van der Waals surface area contributed by atoms with Crippen LogP contribution in [0.15, 0.2) is 41.0 Å². The van der Waals surface area contributed by atoms with Gasteiger partial charge in [0.1, 0.15) is 5.82 Å². The summed E-state index contributed by atoms with van der Waals surface area (Å²) in [7, 11) is 0. The van der Waals surface area contributed by atoms with Crippen molar-refractivity contribution in [3.05, 3.63) is 46.6 Å². The van der Waals surface area contributed by atoms with Gasteiger partial charge in [-0.2, -0.15) is 4.98 Å². The van der Waals surface area contributed by atoms with Crippen molar-refractivity contribution in [2.75, 3.05) is 10.7 Å². The van der Waals surface area contributed by atoms with Crippen molar-refractivity contribution in [3.63, 3.8) is 0 Å². The Bertz CT molecular complexity index is 517. The van der Waals surface area contributed by atoms with Gasteiger partial charge in [-0.15, -0.1) is 0 Å². The summed E-state index contributed by atoms with van der Waals surface area (Å²) >= 11 is 3.40. The third-order valence-corrected chi connectivity index (χ3v) is 3.11. The highest BCUT2D eigenvalue weighted by atomic mass is 79.9. The maximum absolute atomic E-state index is 5.29. The van der Waals surface area contributed by atoms with Crippen LogP contribution in [0.2, 0.25) is 0 Å². The first-order valence-corrected chi connectivity index (χ1v) is 6.30. The van der Waals surface area contributed by atoms with Crippen molar-refractivity contribution >= 4 is 27.7 Å². The van der Waals surface area contributed by atoms with E-state index in [4.69, 9.17) is 5.84 Å². The van der Waals surface area contributed by atoms with Gasteiger partial charge in [-0.05, 0) is 28.4 Å². The van der Waals surface area contributed by atoms with Gasteiger partial charge in [-0.1, -0.05) is 30.3 Å². The molecular formula is C12H14BrN5. The first kappa shape index (κ1) is 12.8. The van der Waals surface area contributed by atoms with Gasteiger partial charge in [0.15, 0.2) is 0 Å². The molecule has 6 heteroatoms. The molecule has 0 fully saturated rings. The summed E-state index contributed by atoms with van der Waals surface area (Å²) in [6, 6.07) is 10.3. The van der Waals surface area contributed by atoms with Crippen LogP contribution >= 0.6 is 15.9 Å². The largest absolute Gasteiger partial charge is 0.362 e. The topological polar surface area (TPSA) is 75.9 Å². The smallest absolute Gasteiger partial charge is 0.239 e. The first-order chi connectivity index (χ1) is 8.70. The monoisotopic (exact) mass is 307 g/mol. The van der Waals surface area contributed by atoms with E-state index in [0.717, 1.165) is 4.47 Å². The molecule has 5 nitrogen and oxygen atoms in total. The number of hydrogen-bond acceptors (Lipinski definition) is 5. The third kappa shape index (κ3) is 2.96. The molecule has 0 saturated carbocycles. The minimum absolute atomic E-state index is 0.142. The van der Waals surface area contributed by atoms with E-state index in [0.29, 0.717) is 11.8 Å². The lowest BCUT2D eigenvalue weighted by molar-refractivity contribution is 0.870. The molecule has 0 aliphatic carbocycles. The summed E-state index contributed by atoms with van der Waals surface area (Å²) in [6.07, 6.45) is 1.66. The number of anilines is 2. The Morgan fingerprint density at radius 1 is 1.28 bits per heavy atom. The average molecular weight is 308 g/mol. The van der Waals surface area contributed by atoms with E-state index in [-0.39, 0.29) is 6.04 Å². The molecule has 0 aliphatic rings. The van der Waals surface area contributed by atoms with E-state index >= 15 is 0 Å². The quantitative estimate of drug-likeness (QED) is 0.598. The van der Waals surface area contributed by atoms with Gasteiger partial charge in [0.2, 0.25) is 5.95 Å². The molecule has 1 aromatic carbocycles. The Labute approximate surface area is 114 Å². The molecule has 0 radical (unpaired) electrons. The summed E-state index contributed by atoms with van der Waals surface area (Å²) in [6.45, 7) is 2.07. The minimum Gasteiger partial charge on any atom is -0.362 e. The fourth-order valence-corrected chi connectivity index (χ4v) is 1.87. The van der Waals surface area contributed by atoms with Gasteiger partial charge < -0.3 is 5.32 Å². The molecule has 1 unspecified atom stereocenters. The lowest BCUT2D eigenvalue weighted by Crippen LogP contribution is -2.13. The maximum atomic E-state index is 5.29. The summed E-state index contributed by atoms with van der Waals surface area (Å²) in [5.41, 5.74) is 3.61. The molecule has 1 atom stereocenters. The van der Waals surface area contributed by atoms with Crippen LogP contribution in [0.3, 0.4) is 0 Å². The number of aromatic nitrogens is 2. The molecule has 1 heterocycles. The Hall–Kier alpha value is -1.66. The molecule has 0 saturated heterocycles. The Morgan fingerprint density at radius 3 is 2.67 bits per heavy atom. The standard InChI is InChI=1S/C12H14BrN5/c1-8(9-5-3-2-4-6-9)16-11-10(13)7-15-12(17-11)18-14/h2-8H,14H2,1H3,(H2,15,16,17,18). The summed E-state index contributed by atoms with van der Waals surface area (Å²) in [5.74, 6) is 6.37. The summed E-state index contributed by atoms with van der Waals surface area (Å²) < 4.78 is 0.796. The number of benzene rings is 1. The van der Waals surface area contributed by atoms with Gasteiger partial charge in [0.25, 0.3) is 0 Å².